The van der Waals surface area contributed by atoms with Crippen LogP contribution in [0.5, 0.6) is 0 Å². The van der Waals surface area contributed by atoms with Crippen LogP contribution in [0.4, 0.5) is 0 Å². The van der Waals surface area contributed by atoms with E-state index in [1.165, 1.54) is 38.6 Å². The first-order valence-electron chi connectivity index (χ1n) is 8.51. The van der Waals surface area contributed by atoms with Gasteiger partial charge in [-0.05, 0) is 51.5 Å². The maximum absolute atomic E-state index is 11.7. The summed E-state index contributed by atoms with van der Waals surface area (Å²) in [5, 5.41) is 7.50. The minimum absolute atomic E-state index is 0.346. The first-order valence-corrected chi connectivity index (χ1v) is 8.51. The van der Waals surface area contributed by atoms with Crippen molar-refractivity contribution in [3.63, 3.8) is 0 Å². The average Bonchev–Trinajstić information content (AvgIpc) is 3.11. The Bertz CT molecular complexity index is 341. The van der Waals surface area contributed by atoms with Gasteiger partial charge in [0.1, 0.15) is 0 Å². The van der Waals surface area contributed by atoms with Gasteiger partial charge < -0.3 is 15.5 Å². The zero-order chi connectivity index (χ0) is 13.9. The number of likely N-dealkylation sites (tertiary alicyclic amines) is 1. The molecular formula is C16H29N3O. The van der Waals surface area contributed by atoms with Crippen molar-refractivity contribution >= 4 is 5.91 Å². The van der Waals surface area contributed by atoms with E-state index in [9.17, 15) is 4.79 Å². The van der Waals surface area contributed by atoms with E-state index in [-0.39, 0.29) is 0 Å². The number of hydrogen-bond donors (Lipinski definition) is 2. The first-order chi connectivity index (χ1) is 9.74. The highest BCUT2D eigenvalue weighted by atomic mass is 16.2. The van der Waals surface area contributed by atoms with Gasteiger partial charge in [0.15, 0.2) is 0 Å². The fourth-order valence-electron chi connectivity index (χ4n) is 4.40. The van der Waals surface area contributed by atoms with Gasteiger partial charge in [0.05, 0.1) is 0 Å². The minimum Gasteiger partial charge on any atom is -0.341 e. The van der Waals surface area contributed by atoms with Crippen molar-refractivity contribution in [1.29, 1.82) is 0 Å². The van der Waals surface area contributed by atoms with E-state index >= 15 is 0 Å². The first kappa shape index (κ1) is 14.3. The summed E-state index contributed by atoms with van der Waals surface area (Å²) in [6, 6.07) is 1.80. The van der Waals surface area contributed by atoms with E-state index in [2.05, 4.69) is 17.6 Å². The van der Waals surface area contributed by atoms with Gasteiger partial charge in [-0.25, -0.2) is 0 Å². The summed E-state index contributed by atoms with van der Waals surface area (Å²) in [6.07, 6.45) is 8.52. The average molecular weight is 279 g/mol. The van der Waals surface area contributed by atoms with Gasteiger partial charge >= 0.3 is 0 Å². The van der Waals surface area contributed by atoms with Crippen molar-refractivity contribution < 1.29 is 4.79 Å². The molecule has 3 rings (SSSR count). The molecule has 20 heavy (non-hydrogen) atoms. The van der Waals surface area contributed by atoms with E-state index in [4.69, 9.17) is 0 Å². The van der Waals surface area contributed by atoms with Crippen LogP contribution in [0.25, 0.3) is 0 Å². The quantitative estimate of drug-likeness (QED) is 0.802. The predicted octanol–water partition coefficient (Wildman–Crippen LogP) is 1.51. The predicted molar refractivity (Wildman–Crippen MR) is 80.6 cm³/mol. The number of rotatable bonds is 5. The molecule has 1 saturated carbocycles. The molecule has 4 heteroatoms. The van der Waals surface area contributed by atoms with Crippen molar-refractivity contribution in [3.05, 3.63) is 0 Å². The molecule has 2 heterocycles. The van der Waals surface area contributed by atoms with Crippen molar-refractivity contribution in [3.8, 4) is 0 Å². The minimum atomic E-state index is 0.346. The molecule has 4 nitrogen and oxygen atoms in total. The Morgan fingerprint density at radius 2 is 2.20 bits per heavy atom. The van der Waals surface area contributed by atoms with Crippen molar-refractivity contribution in [2.24, 2.45) is 5.92 Å². The molecule has 2 saturated heterocycles. The lowest BCUT2D eigenvalue weighted by Gasteiger charge is -2.31. The fraction of sp³-hybridized carbons (Fsp3) is 0.938. The van der Waals surface area contributed by atoms with Gasteiger partial charge in [0, 0.05) is 37.6 Å². The van der Waals surface area contributed by atoms with Gasteiger partial charge in [0.2, 0.25) is 5.91 Å². The van der Waals surface area contributed by atoms with E-state index in [0.29, 0.717) is 18.0 Å². The zero-order valence-electron chi connectivity index (χ0n) is 12.7. The number of amides is 1. The molecule has 0 bridgehead atoms. The fourth-order valence-corrected chi connectivity index (χ4v) is 4.40. The number of nitrogens with zero attached hydrogens (tertiary/aromatic N) is 1. The van der Waals surface area contributed by atoms with E-state index < -0.39 is 0 Å². The zero-order valence-corrected chi connectivity index (χ0v) is 12.7. The van der Waals surface area contributed by atoms with Crippen LogP contribution in [-0.2, 0) is 4.79 Å². The molecule has 4 atom stereocenters. The molecule has 3 fully saturated rings. The highest BCUT2D eigenvalue weighted by molar-refractivity contribution is 5.78. The molecule has 1 aliphatic carbocycles. The molecule has 2 N–H and O–H groups in total. The summed E-state index contributed by atoms with van der Waals surface area (Å²) in [5.74, 6) is 1.15. The van der Waals surface area contributed by atoms with Gasteiger partial charge in [-0.3, -0.25) is 4.79 Å². The van der Waals surface area contributed by atoms with Crippen molar-refractivity contribution in [2.75, 3.05) is 19.6 Å². The third kappa shape index (κ3) is 3.17. The Morgan fingerprint density at radius 1 is 1.30 bits per heavy atom. The van der Waals surface area contributed by atoms with Gasteiger partial charge in [-0.2, -0.15) is 0 Å². The summed E-state index contributed by atoms with van der Waals surface area (Å²) in [4.78, 5) is 13.7. The highest BCUT2D eigenvalue weighted by Crippen LogP contribution is 2.32. The van der Waals surface area contributed by atoms with Crippen LogP contribution in [0.15, 0.2) is 0 Å². The molecule has 3 aliphatic rings. The maximum atomic E-state index is 11.7. The third-order valence-electron chi connectivity index (χ3n) is 5.35. The second-order valence-electron chi connectivity index (χ2n) is 6.92. The Kier molecular flexibility index (Phi) is 4.61. The lowest BCUT2D eigenvalue weighted by atomic mass is 9.92. The lowest BCUT2D eigenvalue weighted by Crippen LogP contribution is -2.48. The molecular weight excluding hydrogens is 250 g/mol. The summed E-state index contributed by atoms with van der Waals surface area (Å²) in [6.45, 7) is 5.29. The Morgan fingerprint density at radius 3 is 2.90 bits per heavy atom. The third-order valence-corrected chi connectivity index (χ3v) is 5.35. The van der Waals surface area contributed by atoms with Crippen LogP contribution >= 0.6 is 0 Å². The number of carbonyl (C=O) groups is 1. The maximum Gasteiger partial charge on any atom is 0.222 e. The largest absolute Gasteiger partial charge is 0.341 e. The van der Waals surface area contributed by atoms with Gasteiger partial charge in [0.25, 0.3) is 0 Å². The van der Waals surface area contributed by atoms with Crippen LogP contribution in [0.1, 0.15) is 51.9 Å². The van der Waals surface area contributed by atoms with Crippen molar-refractivity contribution in [1.82, 2.24) is 15.5 Å². The molecule has 2 aliphatic heterocycles. The standard InChI is InChI=1S/C16H29N3O/c1-12(11-19-10-4-8-16(19)20)18-15-6-2-5-13(15)14-7-3-9-17-14/h12-15,17-18H,2-11H2,1H3. The smallest absolute Gasteiger partial charge is 0.222 e. The SMILES string of the molecule is CC(CN1CCCC1=O)NC1CCCC1C1CCCN1. The summed E-state index contributed by atoms with van der Waals surface area (Å²) >= 11 is 0. The van der Waals surface area contributed by atoms with Gasteiger partial charge in [-0.15, -0.1) is 0 Å². The second kappa shape index (κ2) is 6.44. The van der Waals surface area contributed by atoms with Crippen LogP contribution in [0, 0.1) is 5.92 Å². The Labute approximate surface area is 122 Å². The summed E-state index contributed by atoms with van der Waals surface area (Å²) in [5.41, 5.74) is 0. The molecule has 4 unspecified atom stereocenters. The number of nitrogens with one attached hydrogen (secondary N) is 2. The van der Waals surface area contributed by atoms with Crippen molar-refractivity contribution in [2.45, 2.75) is 70.0 Å². The monoisotopic (exact) mass is 279 g/mol. The normalized spacial score (nSPS) is 36.0. The molecule has 0 aromatic heterocycles. The van der Waals surface area contributed by atoms with Crippen LogP contribution < -0.4 is 10.6 Å². The van der Waals surface area contributed by atoms with Crippen LogP contribution in [0.3, 0.4) is 0 Å². The number of carbonyl (C=O) groups excluding carboxylic acids is 1. The van der Waals surface area contributed by atoms with E-state index in [0.717, 1.165) is 37.9 Å². The highest BCUT2D eigenvalue weighted by Gasteiger charge is 2.35. The molecule has 0 radical (unpaired) electrons. The molecule has 0 aromatic carbocycles. The second-order valence-corrected chi connectivity index (χ2v) is 6.92. The van der Waals surface area contributed by atoms with E-state index in [1.54, 1.807) is 0 Å². The topological polar surface area (TPSA) is 44.4 Å². The molecule has 114 valence electrons. The molecule has 1 amide bonds. The van der Waals surface area contributed by atoms with Gasteiger partial charge in [-0.1, -0.05) is 6.42 Å². The van der Waals surface area contributed by atoms with E-state index in [1.807, 2.05) is 4.90 Å². The molecule has 0 spiro atoms. The summed E-state index contributed by atoms with van der Waals surface area (Å²) in [7, 11) is 0. The summed E-state index contributed by atoms with van der Waals surface area (Å²) < 4.78 is 0. The Balaban J connectivity index is 1.49. The number of hydrogen-bond acceptors (Lipinski definition) is 3. The molecule has 0 aromatic rings. The van der Waals surface area contributed by atoms with Crippen LogP contribution in [0.2, 0.25) is 0 Å². The Hall–Kier alpha value is -0.610. The lowest BCUT2D eigenvalue weighted by molar-refractivity contribution is -0.128. The van der Waals surface area contributed by atoms with Crippen LogP contribution in [-0.4, -0.2) is 48.6 Å².